The first-order chi connectivity index (χ1) is 17.0. The number of benzene rings is 1. The second kappa shape index (κ2) is 10.5. The zero-order chi connectivity index (χ0) is 24.9. The number of hydrogen-bond donors (Lipinski definition) is 0. The molecular formula is C26H25N5O3S. The Labute approximate surface area is 206 Å². The Morgan fingerprint density at radius 2 is 1.89 bits per heavy atom. The molecule has 0 amide bonds. The third-order valence-corrected chi connectivity index (χ3v) is 6.65. The SMILES string of the molecule is C/C=C\C(=C/C)CCn1c(-c2ccccc2N=O)nc(C)c(-c2ccc(-c3nnc(C)o3)s2)c1=O. The van der Waals surface area contributed by atoms with Crippen LogP contribution in [0.3, 0.4) is 0 Å². The highest BCUT2D eigenvalue weighted by Gasteiger charge is 2.21. The smallest absolute Gasteiger partial charge is 0.262 e. The quantitative estimate of drug-likeness (QED) is 0.204. The van der Waals surface area contributed by atoms with Gasteiger partial charge in [0, 0.05) is 23.9 Å². The maximum absolute atomic E-state index is 13.9. The van der Waals surface area contributed by atoms with Crippen molar-refractivity contribution in [3.05, 3.63) is 87.0 Å². The normalized spacial score (nSPS) is 11.9. The highest BCUT2D eigenvalue weighted by Crippen LogP contribution is 2.35. The Morgan fingerprint density at radius 1 is 1.11 bits per heavy atom. The summed E-state index contributed by atoms with van der Waals surface area (Å²) in [6.45, 7) is 7.85. The van der Waals surface area contributed by atoms with E-state index >= 15 is 0 Å². The van der Waals surface area contributed by atoms with Gasteiger partial charge in [0.15, 0.2) is 0 Å². The van der Waals surface area contributed by atoms with Crippen LogP contribution in [0.2, 0.25) is 0 Å². The van der Waals surface area contributed by atoms with Crippen LogP contribution >= 0.6 is 11.3 Å². The Kier molecular flexibility index (Phi) is 7.26. The highest BCUT2D eigenvalue weighted by molar-refractivity contribution is 7.18. The molecule has 1 aromatic carbocycles. The summed E-state index contributed by atoms with van der Waals surface area (Å²) in [7, 11) is 0. The van der Waals surface area contributed by atoms with E-state index in [4.69, 9.17) is 9.40 Å². The molecule has 4 rings (SSSR count). The van der Waals surface area contributed by atoms with Crippen molar-refractivity contribution >= 4 is 17.0 Å². The molecule has 0 aliphatic heterocycles. The number of nitrogens with zero attached hydrogens (tertiary/aromatic N) is 5. The minimum absolute atomic E-state index is 0.181. The van der Waals surface area contributed by atoms with E-state index in [0.29, 0.717) is 47.4 Å². The maximum atomic E-state index is 13.9. The lowest BCUT2D eigenvalue weighted by Crippen LogP contribution is -2.26. The van der Waals surface area contributed by atoms with Crippen LogP contribution in [-0.4, -0.2) is 19.7 Å². The zero-order valence-corrected chi connectivity index (χ0v) is 20.8. The molecular weight excluding hydrogens is 462 g/mol. The fraction of sp³-hybridized carbons (Fsp3) is 0.231. The average Bonchev–Trinajstić information content (AvgIpc) is 3.51. The molecule has 8 nitrogen and oxygen atoms in total. The van der Waals surface area contributed by atoms with Gasteiger partial charge in [-0.1, -0.05) is 35.9 Å². The molecule has 0 atom stereocenters. The van der Waals surface area contributed by atoms with E-state index in [2.05, 4.69) is 15.4 Å². The van der Waals surface area contributed by atoms with E-state index in [1.807, 2.05) is 44.2 Å². The van der Waals surface area contributed by atoms with Crippen LogP contribution in [0.5, 0.6) is 0 Å². The summed E-state index contributed by atoms with van der Waals surface area (Å²) in [5, 5.41) is 11.1. The maximum Gasteiger partial charge on any atom is 0.262 e. The second-order valence-electron chi connectivity index (χ2n) is 7.86. The fourth-order valence-electron chi connectivity index (χ4n) is 3.86. The van der Waals surface area contributed by atoms with Gasteiger partial charge in [0.05, 0.1) is 16.1 Å². The van der Waals surface area contributed by atoms with Gasteiger partial charge in [0.1, 0.15) is 11.5 Å². The minimum Gasteiger partial charge on any atom is -0.420 e. The molecule has 0 aliphatic rings. The van der Waals surface area contributed by atoms with Crippen molar-refractivity contribution in [1.82, 2.24) is 19.7 Å². The van der Waals surface area contributed by atoms with E-state index in [-0.39, 0.29) is 11.2 Å². The molecule has 0 aliphatic carbocycles. The lowest BCUT2D eigenvalue weighted by Gasteiger charge is -2.16. The van der Waals surface area contributed by atoms with Crippen molar-refractivity contribution in [3.63, 3.8) is 0 Å². The molecule has 0 fully saturated rings. The van der Waals surface area contributed by atoms with Crippen LogP contribution < -0.4 is 5.56 Å². The minimum atomic E-state index is -0.181. The van der Waals surface area contributed by atoms with Crippen LogP contribution in [-0.2, 0) is 6.54 Å². The Hall–Kier alpha value is -3.98. The molecule has 3 heterocycles. The summed E-state index contributed by atoms with van der Waals surface area (Å²) in [5.74, 6) is 1.31. The van der Waals surface area contributed by atoms with Crippen molar-refractivity contribution in [1.29, 1.82) is 0 Å². The van der Waals surface area contributed by atoms with Gasteiger partial charge in [-0.05, 0) is 56.6 Å². The van der Waals surface area contributed by atoms with Crippen molar-refractivity contribution in [2.75, 3.05) is 0 Å². The number of aromatic nitrogens is 4. The lowest BCUT2D eigenvalue weighted by atomic mass is 10.1. The van der Waals surface area contributed by atoms with Gasteiger partial charge in [-0.25, -0.2) is 4.98 Å². The van der Waals surface area contributed by atoms with E-state index in [0.717, 1.165) is 15.3 Å². The summed E-state index contributed by atoms with van der Waals surface area (Å²) in [4.78, 5) is 31.8. The first-order valence-electron chi connectivity index (χ1n) is 11.2. The van der Waals surface area contributed by atoms with Gasteiger partial charge in [0.2, 0.25) is 5.89 Å². The Bertz CT molecular complexity index is 1490. The van der Waals surface area contributed by atoms with Gasteiger partial charge in [-0.2, -0.15) is 0 Å². The monoisotopic (exact) mass is 487 g/mol. The topological polar surface area (TPSA) is 103 Å². The molecule has 0 saturated heterocycles. The largest absolute Gasteiger partial charge is 0.420 e. The molecule has 178 valence electrons. The number of nitroso groups, excluding NO2 is 1. The standard InChI is InChI=1S/C26H25N5O3S/c1-5-9-18(6-2)14-15-31-24(19-10-7-8-11-20(19)30-33)27-16(3)23(26(31)32)21-12-13-22(35-21)25-29-28-17(4)34-25/h5-13H,14-15H2,1-4H3/b9-5-,18-6+. The molecule has 0 saturated carbocycles. The molecule has 0 spiro atoms. The first-order valence-corrected chi connectivity index (χ1v) is 12.0. The van der Waals surface area contributed by atoms with Gasteiger partial charge in [-0.3, -0.25) is 9.36 Å². The summed E-state index contributed by atoms with van der Waals surface area (Å²) in [6.07, 6.45) is 6.64. The Morgan fingerprint density at radius 3 is 2.57 bits per heavy atom. The first kappa shape index (κ1) is 24.2. The van der Waals surface area contributed by atoms with Crippen LogP contribution in [0.1, 0.15) is 31.9 Å². The van der Waals surface area contributed by atoms with Crippen molar-refractivity contribution in [3.8, 4) is 32.6 Å². The molecule has 3 aromatic heterocycles. The molecule has 35 heavy (non-hydrogen) atoms. The van der Waals surface area contributed by atoms with Gasteiger partial charge in [-0.15, -0.1) is 26.4 Å². The predicted molar refractivity (Wildman–Crippen MR) is 139 cm³/mol. The molecule has 0 bridgehead atoms. The second-order valence-corrected chi connectivity index (χ2v) is 8.95. The summed E-state index contributed by atoms with van der Waals surface area (Å²) >= 11 is 1.40. The Balaban J connectivity index is 1.87. The third-order valence-electron chi connectivity index (χ3n) is 5.56. The molecule has 0 unspecified atom stereocenters. The fourth-order valence-corrected chi connectivity index (χ4v) is 4.88. The van der Waals surface area contributed by atoms with Crippen LogP contribution in [0, 0.1) is 18.8 Å². The van der Waals surface area contributed by atoms with Crippen LogP contribution in [0.4, 0.5) is 5.69 Å². The molecule has 0 N–H and O–H groups in total. The molecule has 4 aromatic rings. The van der Waals surface area contributed by atoms with Gasteiger partial charge in [0.25, 0.3) is 11.4 Å². The van der Waals surface area contributed by atoms with Crippen molar-refractivity contribution in [2.24, 2.45) is 5.18 Å². The third kappa shape index (κ3) is 4.95. The number of rotatable bonds is 8. The number of thiophene rings is 1. The lowest BCUT2D eigenvalue weighted by molar-refractivity contribution is 0.534. The average molecular weight is 488 g/mol. The predicted octanol–water partition coefficient (Wildman–Crippen LogP) is 6.62. The number of aryl methyl sites for hydroxylation is 2. The van der Waals surface area contributed by atoms with E-state index in [9.17, 15) is 9.70 Å². The zero-order valence-electron chi connectivity index (χ0n) is 20.0. The van der Waals surface area contributed by atoms with Gasteiger partial charge < -0.3 is 4.42 Å². The van der Waals surface area contributed by atoms with Crippen molar-refractivity contribution in [2.45, 2.75) is 40.7 Å². The summed E-state index contributed by atoms with van der Waals surface area (Å²) in [6, 6.07) is 10.7. The van der Waals surface area contributed by atoms with E-state index < -0.39 is 0 Å². The van der Waals surface area contributed by atoms with E-state index in [1.54, 1.807) is 42.7 Å². The summed E-state index contributed by atoms with van der Waals surface area (Å²) in [5.41, 5.74) is 2.75. The van der Waals surface area contributed by atoms with Crippen molar-refractivity contribution < 1.29 is 4.42 Å². The number of hydrogen-bond acceptors (Lipinski definition) is 8. The van der Waals surface area contributed by atoms with Crippen LogP contribution in [0.15, 0.2) is 74.6 Å². The van der Waals surface area contributed by atoms with E-state index in [1.165, 1.54) is 11.3 Å². The molecule has 0 radical (unpaired) electrons. The van der Waals surface area contributed by atoms with Gasteiger partial charge >= 0.3 is 0 Å². The highest BCUT2D eigenvalue weighted by atomic mass is 32.1. The molecule has 9 heteroatoms. The number of allylic oxidation sites excluding steroid dienone is 4. The summed E-state index contributed by atoms with van der Waals surface area (Å²) < 4.78 is 7.18. The van der Waals surface area contributed by atoms with Crippen LogP contribution in [0.25, 0.3) is 32.6 Å².